The maximum absolute atomic E-state index is 12.9. The van der Waals surface area contributed by atoms with Crippen LogP contribution in [0.5, 0.6) is 0 Å². The minimum absolute atomic E-state index is 0. The third kappa shape index (κ3) is 4.49. The van der Waals surface area contributed by atoms with Gasteiger partial charge in [0.2, 0.25) is 0 Å². The van der Waals surface area contributed by atoms with Gasteiger partial charge in [-0.05, 0) is 30.2 Å². The number of aliphatic hydroxyl groups excluding tert-OH is 1. The van der Waals surface area contributed by atoms with E-state index in [1.165, 1.54) is 0 Å². The predicted molar refractivity (Wildman–Crippen MR) is 57.3 cm³/mol. The summed E-state index contributed by atoms with van der Waals surface area (Å²) in [6.07, 6.45) is -4.52. The first-order chi connectivity index (χ1) is 7.34. The molecule has 0 fully saturated rings. The topological polar surface area (TPSA) is 46.2 Å². The van der Waals surface area contributed by atoms with Crippen molar-refractivity contribution in [1.29, 1.82) is 0 Å². The van der Waals surface area contributed by atoms with Gasteiger partial charge in [-0.1, -0.05) is 0 Å². The van der Waals surface area contributed by atoms with Crippen LogP contribution in [0.15, 0.2) is 18.2 Å². The molecule has 0 aliphatic rings. The fourth-order valence-electron chi connectivity index (χ4n) is 1.30. The van der Waals surface area contributed by atoms with Crippen molar-refractivity contribution in [2.75, 3.05) is 6.61 Å². The molecular formula is C10H12ClF4NO. The molecule has 98 valence electrons. The number of benzene rings is 1. The fraction of sp³-hybridized carbons (Fsp3) is 0.400. The molecule has 0 heterocycles. The molecule has 1 rings (SSSR count). The van der Waals surface area contributed by atoms with Gasteiger partial charge in [0.05, 0.1) is 5.56 Å². The Morgan fingerprint density at radius 1 is 1.24 bits per heavy atom. The zero-order valence-corrected chi connectivity index (χ0v) is 9.48. The summed E-state index contributed by atoms with van der Waals surface area (Å²) in [6.45, 7) is -0.265. The molecule has 17 heavy (non-hydrogen) atoms. The van der Waals surface area contributed by atoms with Crippen molar-refractivity contribution in [1.82, 2.24) is 0 Å². The van der Waals surface area contributed by atoms with Gasteiger partial charge in [-0.25, -0.2) is 4.39 Å². The number of rotatable bonds is 3. The SMILES string of the molecule is Cl.N[C@H](CCO)c1cc(F)cc(C(F)(F)F)c1. The van der Waals surface area contributed by atoms with Gasteiger partial charge in [0.15, 0.2) is 0 Å². The van der Waals surface area contributed by atoms with Crippen LogP contribution in [0.25, 0.3) is 0 Å². The van der Waals surface area contributed by atoms with Crippen molar-refractivity contribution in [2.24, 2.45) is 5.73 Å². The predicted octanol–water partition coefficient (Wildman–Crippen LogP) is 2.65. The number of nitrogens with two attached hydrogens (primary N) is 1. The van der Waals surface area contributed by atoms with Crippen LogP contribution in [-0.4, -0.2) is 11.7 Å². The highest BCUT2D eigenvalue weighted by Gasteiger charge is 2.31. The molecule has 0 aliphatic carbocycles. The standard InChI is InChI=1S/C10H11F4NO.ClH/c11-8-4-6(9(15)1-2-16)3-7(5-8)10(12,13)14;/h3-5,9,16H,1-2,15H2;1H/t9-;/m1./s1. The minimum atomic E-state index is -4.60. The smallest absolute Gasteiger partial charge is 0.396 e. The van der Waals surface area contributed by atoms with E-state index >= 15 is 0 Å². The number of aliphatic hydroxyl groups is 1. The Morgan fingerprint density at radius 2 is 1.82 bits per heavy atom. The second-order valence-corrected chi connectivity index (χ2v) is 3.39. The first-order valence-electron chi connectivity index (χ1n) is 4.58. The summed E-state index contributed by atoms with van der Waals surface area (Å²) in [7, 11) is 0. The molecule has 0 saturated carbocycles. The second kappa shape index (κ2) is 6.18. The molecular weight excluding hydrogens is 262 g/mol. The summed E-state index contributed by atoms with van der Waals surface area (Å²) >= 11 is 0. The van der Waals surface area contributed by atoms with E-state index in [1.54, 1.807) is 0 Å². The Morgan fingerprint density at radius 3 is 2.29 bits per heavy atom. The number of hydrogen-bond acceptors (Lipinski definition) is 2. The molecule has 2 nitrogen and oxygen atoms in total. The van der Waals surface area contributed by atoms with Gasteiger partial charge < -0.3 is 10.8 Å². The van der Waals surface area contributed by atoms with Crippen LogP contribution in [0.4, 0.5) is 17.6 Å². The average Bonchev–Trinajstić information content (AvgIpc) is 2.16. The maximum Gasteiger partial charge on any atom is 0.416 e. The lowest BCUT2D eigenvalue weighted by molar-refractivity contribution is -0.137. The van der Waals surface area contributed by atoms with Crippen LogP contribution in [0.3, 0.4) is 0 Å². The molecule has 1 aromatic carbocycles. The van der Waals surface area contributed by atoms with Crippen LogP contribution in [0, 0.1) is 5.82 Å². The summed E-state index contributed by atoms with van der Waals surface area (Å²) in [4.78, 5) is 0. The highest BCUT2D eigenvalue weighted by atomic mass is 35.5. The van der Waals surface area contributed by atoms with Gasteiger partial charge >= 0.3 is 6.18 Å². The molecule has 7 heteroatoms. The van der Waals surface area contributed by atoms with Crippen LogP contribution in [-0.2, 0) is 6.18 Å². The van der Waals surface area contributed by atoms with E-state index < -0.39 is 23.6 Å². The van der Waals surface area contributed by atoms with Crippen molar-refractivity contribution in [3.63, 3.8) is 0 Å². The second-order valence-electron chi connectivity index (χ2n) is 3.39. The monoisotopic (exact) mass is 273 g/mol. The van der Waals surface area contributed by atoms with E-state index in [-0.39, 0.29) is 31.0 Å². The summed E-state index contributed by atoms with van der Waals surface area (Å²) in [5.74, 6) is -0.988. The van der Waals surface area contributed by atoms with Crippen LogP contribution in [0.2, 0.25) is 0 Å². The summed E-state index contributed by atoms with van der Waals surface area (Å²) < 4.78 is 50.0. The number of halogens is 5. The fourth-order valence-corrected chi connectivity index (χ4v) is 1.30. The van der Waals surface area contributed by atoms with E-state index in [0.29, 0.717) is 6.07 Å². The largest absolute Gasteiger partial charge is 0.416 e. The zero-order valence-electron chi connectivity index (χ0n) is 8.67. The molecule has 0 unspecified atom stereocenters. The lowest BCUT2D eigenvalue weighted by Crippen LogP contribution is -2.14. The molecule has 0 radical (unpaired) electrons. The normalized spacial score (nSPS) is 13.1. The minimum Gasteiger partial charge on any atom is -0.396 e. The van der Waals surface area contributed by atoms with Gasteiger partial charge in [0, 0.05) is 12.6 Å². The summed E-state index contributed by atoms with van der Waals surface area (Å²) in [5.41, 5.74) is 4.45. The molecule has 1 atom stereocenters. The van der Waals surface area contributed by atoms with Crippen LogP contribution >= 0.6 is 12.4 Å². The van der Waals surface area contributed by atoms with Gasteiger partial charge in [0.25, 0.3) is 0 Å². The quantitative estimate of drug-likeness (QED) is 0.832. The van der Waals surface area contributed by atoms with Crippen molar-refractivity contribution in [2.45, 2.75) is 18.6 Å². The van der Waals surface area contributed by atoms with Crippen molar-refractivity contribution in [3.8, 4) is 0 Å². The first-order valence-corrected chi connectivity index (χ1v) is 4.58. The van der Waals surface area contributed by atoms with Gasteiger partial charge in [-0.3, -0.25) is 0 Å². The summed E-state index contributed by atoms with van der Waals surface area (Å²) in [6, 6.07) is 1.34. The third-order valence-electron chi connectivity index (χ3n) is 2.12. The van der Waals surface area contributed by atoms with Gasteiger partial charge in [0.1, 0.15) is 5.82 Å². The molecule has 0 bridgehead atoms. The van der Waals surface area contributed by atoms with Crippen molar-refractivity contribution >= 4 is 12.4 Å². The van der Waals surface area contributed by atoms with E-state index in [4.69, 9.17) is 10.8 Å². The number of alkyl halides is 3. The molecule has 1 aromatic rings. The van der Waals surface area contributed by atoms with Gasteiger partial charge in [-0.2, -0.15) is 13.2 Å². The molecule has 0 aliphatic heterocycles. The summed E-state index contributed by atoms with van der Waals surface area (Å²) in [5, 5.41) is 8.60. The molecule has 0 aromatic heterocycles. The highest BCUT2D eigenvalue weighted by molar-refractivity contribution is 5.85. The Labute approximate surface area is 102 Å². The van der Waals surface area contributed by atoms with Crippen molar-refractivity contribution < 1.29 is 22.7 Å². The van der Waals surface area contributed by atoms with E-state index in [1.807, 2.05) is 0 Å². The van der Waals surface area contributed by atoms with Crippen LogP contribution < -0.4 is 5.73 Å². The lowest BCUT2D eigenvalue weighted by Gasteiger charge is -2.13. The maximum atomic E-state index is 12.9. The Hall–Kier alpha value is -0.850. The van der Waals surface area contributed by atoms with Crippen LogP contribution in [0.1, 0.15) is 23.6 Å². The molecule has 0 amide bonds. The Bertz CT molecular complexity index is 370. The van der Waals surface area contributed by atoms with E-state index in [2.05, 4.69) is 0 Å². The Kier molecular flexibility index (Phi) is 5.87. The highest BCUT2D eigenvalue weighted by Crippen LogP contribution is 2.31. The molecule has 3 N–H and O–H groups in total. The van der Waals surface area contributed by atoms with Gasteiger partial charge in [-0.15, -0.1) is 12.4 Å². The molecule has 0 spiro atoms. The lowest BCUT2D eigenvalue weighted by atomic mass is 10.0. The third-order valence-corrected chi connectivity index (χ3v) is 2.12. The molecule has 0 saturated heterocycles. The van der Waals surface area contributed by atoms with E-state index in [9.17, 15) is 17.6 Å². The average molecular weight is 274 g/mol. The zero-order chi connectivity index (χ0) is 12.3. The first kappa shape index (κ1) is 16.1. The Balaban J connectivity index is 0.00000256. The van der Waals surface area contributed by atoms with E-state index in [0.717, 1.165) is 12.1 Å². The van der Waals surface area contributed by atoms with Crippen molar-refractivity contribution in [3.05, 3.63) is 35.1 Å². The number of hydrogen-bond donors (Lipinski definition) is 2.